The van der Waals surface area contributed by atoms with Crippen LogP contribution in [-0.2, 0) is 26.2 Å². The van der Waals surface area contributed by atoms with Crippen LogP contribution in [0.5, 0.6) is 0 Å². The fourth-order valence-corrected chi connectivity index (χ4v) is 6.71. The van der Waals surface area contributed by atoms with Crippen molar-refractivity contribution in [3.63, 3.8) is 0 Å². The zero-order valence-electron chi connectivity index (χ0n) is 23.1. The molecule has 1 aliphatic rings. The van der Waals surface area contributed by atoms with Gasteiger partial charge in [0.15, 0.2) is 0 Å². The molecule has 0 heterocycles. The molecule has 0 spiro atoms. The van der Waals surface area contributed by atoms with Gasteiger partial charge in [0, 0.05) is 17.6 Å². The van der Waals surface area contributed by atoms with Crippen LogP contribution in [-0.4, -0.2) is 43.8 Å². The van der Waals surface area contributed by atoms with Gasteiger partial charge in [-0.3, -0.25) is 13.9 Å². The predicted octanol–water partition coefficient (Wildman–Crippen LogP) is 5.63. The van der Waals surface area contributed by atoms with Crippen LogP contribution in [0.3, 0.4) is 0 Å². The number of halogens is 1. The van der Waals surface area contributed by atoms with E-state index in [1.165, 1.54) is 17.0 Å². The van der Waals surface area contributed by atoms with E-state index in [1.807, 2.05) is 26.0 Å². The first-order chi connectivity index (χ1) is 19.1. The minimum absolute atomic E-state index is 0.0593. The van der Waals surface area contributed by atoms with Crippen LogP contribution in [0.1, 0.15) is 49.3 Å². The first-order valence-corrected chi connectivity index (χ1v) is 15.4. The molecule has 4 rings (SSSR count). The number of amides is 2. The Bertz CT molecular complexity index is 1460. The largest absolute Gasteiger partial charge is 0.352 e. The molecule has 1 unspecified atom stereocenters. The Morgan fingerprint density at radius 3 is 2.27 bits per heavy atom. The number of sulfonamides is 1. The van der Waals surface area contributed by atoms with Crippen LogP contribution in [0.4, 0.5) is 5.69 Å². The molecule has 0 aliphatic heterocycles. The molecule has 1 aliphatic carbocycles. The molecule has 2 amide bonds. The van der Waals surface area contributed by atoms with Gasteiger partial charge in [0.1, 0.15) is 12.6 Å². The molecule has 40 heavy (non-hydrogen) atoms. The van der Waals surface area contributed by atoms with Crippen molar-refractivity contribution in [2.75, 3.05) is 10.8 Å². The summed E-state index contributed by atoms with van der Waals surface area (Å²) in [7, 11) is -4.11. The van der Waals surface area contributed by atoms with E-state index in [4.69, 9.17) is 11.6 Å². The van der Waals surface area contributed by atoms with E-state index in [1.54, 1.807) is 55.5 Å². The Hall–Kier alpha value is -3.36. The SMILES string of the molecule is Cc1cccc(N(CC(=O)N(Cc2ccccc2Cl)C(C)C(=O)NC2CCCC2)S(=O)(=O)c2ccccc2)c1C. The molecule has 1 fully saturated rings. The van der Waals surface area contributed by atoms with Crippen LogP contribution >= 0.6 is 11.6 Å². The van der Waals surface area contributed by atoms with Crippen LogP contribution in [0.2, 0.25) is 5.02 Å². The first kappa shape index (κ1) is 29.6. The minimum Gasteiger partial charge on any atom is -0.352 e. The number of carbonyl (C=O) groups is 2. The van der Waals surface area contributed by atoms with Crippen LogP contribution < -0.4 is 9.62 Å². The highest BCUT2D eigenvalue weighted by atomic mass is 35.5. The van der Waals surface area contributed by atoms with Gasteiger partial charge in [0.2, 0.25) is 11.8 Å². The van der Waals surface area contributed by atoms with Crippen LogP contribution in [0, 0.1) is 13.8 Å². The van der Waals surface area contributed by atoms with Crippen molar-refractivity contribution < 1.29 is 18.0 Å². The summed E-state index contributed by atoms with van der Waals surface area (Å²) in [5.41, 5.74) is 2.73. The quantitative estimate of drug-likeness (QED) is 0.336. The van der Waals surface area contributed by atoms with Gasteiger partial charge in [-0.25, -0.2) is 8.42 Å². The summed E-state index contributed by atoms with van der Waals surface area (Å²) >= 11 is 6.44. The first-order valence-electron chi connectivity index (χ1n) is 13.6. The second kappa shape index (κ2) is 12.9. The maximum absolute atomic E-state index is 14.1. The van der Waals surface area contributed by atoms with Gasteiger partial charge in [0.05, 0.1) is 10.6 Å². The van der Waals surface area contributed by atoms with Crippen molar-refractivity contribution in [3.8, 4) is 0 Å². The van der Waals surface area contributed by atoms with E-state index >= 15 is 0 Å². The predicted molar refractivity (Wildman–Crippen MR) is 159 cm³/mol. The summed E-state index contributed by atoms with van der Waals surface area (Å²) in [5.74, 6) is -0.772. The zero-order chi connectivity index (χ0) is 28.9. The van der Waals surface area contributed by atoms with E-state index in [9.17, 15) is 18.0 Å². The lowest BCUT2D eigenvalue weighted by Gasteiger charge is -2.33. The molecule has 3 aromatic rings. The van der Waals surface area contributed by atoms with E-state index < -0.39 is 28.5 Å². The van der Waals surface area contributed by atoms with Crippen molar-refractivity contribution in [2.24, 2.45) is 0 Å². The molecule has 7 nitrogen and oxygen atoms in total. The summed E-state index contributed by atoms with van der Waals surface area (Å²) < 4.78 is 29.1. The lowest BCUT2D eigenvalue weighted by Crippen LogP contribution is -2.52. The van der Waals surface area contributed by atoms with Gasteiger partial charge in [-0.05, 0) is 74.6 Å². The minimum atomic E-state index is -4.11. The number of nitrogens with one attached hydrogen (secondary N) is 1. The normalized spacial score (nSPS) is 14.5. The third kappa shape index (κ3) is 6.67. The third-order valence-electron chi connectivity index (χ3n) is 7.62. The van der Waals surface area contributed by atoms with Gasteiger partial charge in [-0.2, -0.15) is 0 Å². The third-order valence-corrected chi connectivity index (χ3v) is 9.76. The van der Waals surface area contributed by atoms with E-state index in [0.717, 1.165) is 41.1 Å². The molecule has 0 aromatic heterocycles. The number of anilines is 1. The Balaban J connectivity index is 1.72. The topological polar surface area (TPSA) is 86.8 Å². The number of nitrogens with zero attached hydrogens (tertiary/aromatic N) is 2. The summed E-state index contributed by atoms with van der Waals surface area (Å²) in [6.45, 7) is 4.98. The Morgan fingerprint density at radius 1 is 0.950 bits per heavy atom. The van der Waals surface area contributed by atoms with Gasteiger partial charge >= 0.3 is 0 Å². The standard InChI is InChI=1S/C31H36ClN3O4S/c1-22-12-11-19-29(23(22)2)35(40(38,39)27-16-5-4-6-17-27)21-30(36)34(20-25-13-7-10-18-28(25)32)24(3)31(37)33-26-14-8-9-15-26/h4-7,10-13,16-19,24,26H,8-9,14-15,20-21H2,1-3H3,(H,33,37). The average Bonchev–Trinajstić information content (AvgIpc) is 3.46. The summed E-state index contributed by atoms with van der Waals surface area (Å²) in [5, 5.41) is 3.54. The van der Waals surface area contributed by atoms with Gasteiger partial charge in [-0.15, -0.1) is 0 Å². The number of carbonyl (C=O) groups excluding carboxylic acids is 2. The maximum Gasteiger partial charge on any atom is 0.264 e. The van der Waals surface area contributed by atoms with Crippen LogP contribution in [0.15, 0.2) is 77.7 Å². The van der Waals surface area contributed by atoms with Crippen molar-refractivity contribution in [2.45, 2.75) is 70.0 Å². The van der Waals surface area contributed by atoms with E-state index in [-0.39, 0.29) is 23.4 Å². The Kier molecular flexibility index (Phi) is 9.53. The van der Waals surface area contributed by atoms with Crippen molar-refractivity contribution in [1.29, 1.82) is 0 Å². The lowest BCUT2D eigenvalue weighted by atomic mass is 10.1. The molecule has 1 N–H and O–H groups in total. The Labute approximate surface area is 242 Å². The monoisotopic (exact) mass is 581 g/mol. The highest BCUT2D eigenvalue weighted by Crippen LogP contribution is 2.29. The summed E-state index contributed by atoms with van der Waals surface area (Å²) in [6, 6.07) is 19.8. The fourth-order valence-electron chi connectivity index (χ4n) is 5.02. The second-order valence-corrected chi connectivity index (χ2v) is 12.6. The van der Waals surface area contributed by atoms with Gasteiger partial charge in [-0.1, -0.05) is 73.0 Å². The molecule has 1 saturated carbocycles. The molecule has 0 bridgehead atoms. The number of hydrogen-bond acceptors (Lipinski definition) is 4. The summed E-state index contributed by atoms with van der Waals surface area (Å²) in [4.78, 5) is 28.9. The van der Waals surface area contributed by atoms with Crippen molar-refractivity contribution >= 4 is 39.1 Å². The van der Waals surface area contributed by atoms with E-state index in [0.29, 0.717) is 16.3 Å². The van der Waals surface area contributed by atoms with Crippen molar-refractivity contribution in [3.05, 3.63) is 94.5 Å². The van der Waals surface area contributed by atoms with Gasteiger partial charge < -0.3 is 10.2 Å². The summed E-state index contributed by atoms with van der Waals surface area (Å²) in [6.07, 6.45) is 3.94. The molecule has 0 saturated heterocycles. The molecule has 9 heteroatoms. The smallest absolute Gasteiger partial charge is 0.264 e. The number of rotatable bonds is 10. The molecule has 0 radical (unpaired) electrons. The number of benzene rings is 3. The highest BCUT2D eigenvalue weighted by Gasteiger charge is 2.34. The molecular weight excluding hydrogens is 546 g/mol. The highest BCUT2D eigenvalue weighted by molar-refractivity contribution is 7.92. The fraction of sp³-hybridized carbons (Fsp3) is 0.355. The molecular formula is C31H36ClN3O4S. The number of hydrogen-bond donors (Lipinski definition) is 1. The number of aryl methyl sites for hydroxylation is 1. The van der Waals surface area contributed by atoms with Crippen molar-refractivity contribution in [1.82, 2.24) is 10.2 Å². The average molecular weight is 582 g/mol. The molecule has 3 aromatic carbocycles. The van der Waals surface area contributed by atoms with Crippen LogP contribution in [0.25, 0.3) is 0 Å². The second-order valence-electron chi connectivity index (χ2n) is 10.3. The maximum atomic E-state index is 14.1. The zero-order valence-corrected chi connectivity index (χ0v) is 24.7. The lowest BCUT2D eigenvalue weighted by molar-refractivity contribution is -0.139. The van der Waals surface area contributed by atoms with E-state index in [2.05, 4.69) is 5.32 Å². The Morgan fingerprint density at radius 2 is 1.60 bits per heavy atom. The van der Waals surface area contributed by atoms with Gasteiger partial charge in [0.25, 0.3) is 10.0 Å². The molecule has 212 valence electrons. The molecule has 1 atom stereocenters.